The molecule has 5 nitrogen and oxygen atoms in total. The van der Waals surface area contributed by atoms with Gasteiger partial charge in [0.2, 0.25) is 0 Å². The van der Waals surface area contributed by atoms with Crippen LogP contribution in [0.4, 0.5) is 10.1 Å². The van der Waals surface area contributed by atoms with Gasteiger partial charge in [0, 0.05) is 0 Å². The molecule has 1 aromatic rings. The lowest BCUT2D eigenvalue weighted by molar-refractivity contribution is -0.388. The van der Waals surface area contributed by atoms with E-state index in [-0.39, 0.29) is 0 Å². The van der Waals surface area contributed by atoms with Gasteiger partial charge >= 0.3 is 0 Å². The molecule has 76 valence electrons. The van der Waals surface area contributed by atoms with E-state index in [1.54, 1.807) is 0 Å². The Morgan fingerprint density at radius 1 is 1.57 bits per heavy atom. The van der Waals surface area contributed by atoms with E-state index < -0.39 is 37.4 Å². The molecular weight excluding hydrogens is 237 g/mol. The lowest BCUT2D eigenvalue weighted by Crippen LogP contribution is -1.98. The summed E-state index contributed by atoms with van der Waals surface area (Å²) in [6.45, 7) is 0. The Bertz CT molecular complexity index is 386. The molecule has 0 heterocycles. The van der Waals surface area contributed by atoms with Crippen molar-refractivity contribution < 1.29 is 18.1 Å². The van der Waals surface area contributed by atoms with Crippen molar-refractivity contribution in [1.29, 1.82) is 0 Å². The standard InChI is InChI=1S/C6H3ClFNO4S/c7-3-1-6(14(12)13)5(9(10)11)2-4(3)8/h1-2H,(H,12,13). The molecule has 0 saturated carbocycles. The Hall–Kier alpha value is -1.05. The fourth-order valence-corrected chi connectivity index (χ4v) is 1.56. The van der Waals surface area contributed by atoms with Crippen molar-refractivity contribution in [1.82, 2.24) is 0 Å². The Morgan fingerprint density at radius 3 is 2.57 bits per heavy atom. The van der Waals surface area contributed by atoms with Gasteiger partial charge in [0.1, 0.15) is 10.7 Å². The van der Waals surface area contributed by atoms with Crippen molar-refractivity contribution in [3.63, 3.8) is 0 Å². The van der Waals surface area contributed by atoms with E-state index in [1.165, 1.54) is 0 Å². The third kappa shape index (κ3) is 2.06. The van der Waals surface area contributed by atoms with Crippen molar-refractivity contribution in [3.8, 4) is 0 Å². The molecule has 0 aliphatic carbocycles. The summed E-state index contributed by atoms with van der Waals surface area (Å²) in [4.78, 5) is 8.86. The zero-order valence-corrected chi connectivity index (χ0v) is 8.01. The van der Waals surface area contributed by atoms with Gasteiger partial charge in [0.25, 0.3) is 5.69 Å². The molecule has 0 saturated heterocycles. The van der Waals surface area contributed by atoms with Gasteiger partial charge in [-0.25, -0.2) is 8.60 Å². The average molecular weight is 240 g/mol. The molecule has 0 fully saturated rings. The predicted molar refractivity (Wildman–Crippen MR) is 47.1 cm³/mol. The second-order valence-electron chi connectivity index (χ2n) is 2.24. The molecule has 1 aromatic carbocycles. The third-order valence-electron chi connectivity index (χ3n) is 1.39. The number of hydrogen-bond donors (Lipinski definition) is 1. The topological polar surface area (TPSA) is 80.4 Å². The Kier molecular flexibility index (Phi) is 3.14. The molecule has 1 rings (SSSR count). The highest BCUT2D eigenvalue weighted by Crippen LogP contribution is 2.27. The highest BCUT2D eigenvalue weighted by atomic mass is 35.5. The normalized spacial score (nSPS) is 12.5. The van der Waals surface area contributed by atoms with Crippen LogP contribution in [0.1, 0.15) is 0 Å². The van der Waals surface area contributed by atoms with Gasteiger partial charge < -0.3 is 4.55 Å². The van der Waals surface area contributed by atoms with Crippen molar-refractivity contribution in [2.24, 2.45) is 0 Å². The first-order chi connectivity index (χ1) is 6.43. The van der Waals surface area contributed by atoms with E-state index in [2.05, 4.69) is 0 Å². The molecule has 8 heteroatoms. The maximum absolute atomic E-state index is 12.8. The summed E-state index contributed by atoms with van der Waals surface area (Å²) in [6, 6.07) is 1.26. The molecule has 14 heavy (non-hydrogen) atoms. The molecule has 1 atom stereocenters. The first-order valence-corrected chi connectivity index (χ1v) is 4.66. The second-order valence-corrected chi connectivity index (χ2v) is 3.59. The number of halogens is 2. The number of hydrogen-bond acceptors (Lipinski definition) is 3. The molecule has 0 radical (unpaired) electrons. The summed E-state index contributed by atoms with van der Waals surface area (Å²) in [7, 11) is 0. The zero-order valence-electron chi connectivity index (χ0n) is 6.44. The number of nitro groups is 1. The smallest absolute Gasteiger partial charge is 0.290 e. The van der Waals surface area contributed by atoms with Crippen molar-refractivity contribution in [2.75, 3.05) is 0 Å². The minimum atomic E-state index is -2.57. The zero-order chi connectivity index (χ0) is 10.9. The molecule has 0 spiro atoms. The quantitative estimate of drug-likeness (QED) is 0.486. The Morgan fingerprint density at radius 2 is 2.14 bits per heavy atom. The van der Waals surface area contributed by atoms with E-state index in [9.17, 15) is 18.7 Å². The van der Waals surface area contributed by atoms with Crippen molar-refractivity contribution >= 4 is 28.4 Å². The number of nitro benzene ring substituents is 1. The average Bonchev–Trinajstić information content (AvgIpc) is 2.08. The van der Waals surface area contributed by atoms with E-state index >= 15 is 0 Å². The van der Waals surface area contributed by atoms with Crippen LogP contribution >= 0.6 is 11.6 Å². The number of nitrogens with zero attached hydrogens (tertiary/aromatic N) is 1. The van der Waals surface area contributed by atoms with Crippen LogP contribution in [0.3, 0.4) is 0 Å². The van der Waals surface area contributed by atoms with Gasteiger partial charge in [0.05, 0.1) is 16.0 Å². The fraction of sp³-hybridized carbons (Fsp3) is 0. The van der Waals surface area contributed by atoms with Crippen molar-refractivity contribution in [3.05, 3.63) is 33.1 Å². The van der Waals surface area contributed by atoms with Crippen LogP contribution in [0, 0.1) is 15.9 Å². The van der Waals surface area contributed by atoms with Crippen LogP contribution in [0.5, 0.6) is 0 Å². The Balaban J connectivity index is 3.46. The molecule has 1 unspecified atom stereocenters. The minimum Gasteiger partial charge on any atom is -0.302 e. The first kappa shape index (κ1) is 11.0. The summed E-state index contributed by atoms with van der Waals surface area (Å²) in [5, 5.41) is 9.90. The molecular formula is C6H3ClFNO4S. The molecule has 0 amide bonds. The SMILES string of the molecule is O=[N+]([O-])c1cc(F)c(Cl)cc1S(=O)O. The van der Waals surface area contributed by atoms with Gasteiger partial charge in [-0.1, -0.05) is 11.6 Å². The second kappa shape index (κ2) is 3.99. The third-order valence-corrected chi connectivity index (χ3v) is 2.38. The molecule has 0 aliphatic heterocycles. The Labute approximate surface area is 84.9 Å². The molecule has 1 N–H and O–H groups in total. The summed E-state index contributed by atoms with van der Waals surface area (Å²) in [5.41, 5.74) is -0.771. The summed E-state index contributed by atoms with van der Waals surface area (Å²) in [6.07, 6.45) is 0. The van der Waals surface area contributed by atoms with Crippen LogP contribution in [0.15, 0.2) is 17.0 Å². The van der Waals surface area contributed by atoms with Gasteiger partial charge in [-0.3, -0.25) is 10.1 Å². The van der Waals surface area contributed by atoms with Gasteiger partial charge in [0.15, 0.2) is 11.1 Å². The van der Waals surface area contributed by atoms with E-state index in [4.69, 9.17) is 16.2 Å². The maximum atomic E-state index is 12.8. The maximum Gasteiger partial charge on any atom is 0.290 e. The van der Waals surface area contributed by atoms with Crippen molar-refractivity contribution in [2.45, 2.75) is 4.90 Å². The van der Waals surface area contributed by atoms with Gasteiger partial charge in [-0.15, -0.1) is 0 Å². The van der Waals surface area contributed by atoms with E-state index in [0.717, 1.165) is 6.07 Å². The van der Waals surface area contributed by atoms with Crippen LogP contribution < -0.4 is 0 Å². The van der Waals surface area contributed by atoms with Gasteiger partial charge in [-0.2, -0.15) is 0 Å². The monoisotopic (exact) mass is 239 g/mol. The highest BCUT2D eigenvalue weighted by Gasteiger charge is 2.21. The highest BCUT2D eigenvalue weighted by molar-refractivity contribution is 7.79. The minimum absolute atomic E-state index is 0.437. The molecule has 0 aliphatic rings. The summed E-state index contributed by atoms with van der Waals surface area (Å²) < 4.78 is 32.0. The summed E-state index contributed by atoms with van der Waals surface area (Å²) >= 11 is 2.72. The summed E-state index contributed by atoms with van der Waals surface area (Å²) in [5.74, 6) is -1.01. The molecule has 0 bridgehead atoms. The predicted octanol–water partition coefficient (Wildman–Crippen LogP) is 1.97. The lowest BCUT2D eigenvalue weighted by atomic mass is 10.3. The van der Waals surface area contributed by atoms with Crippen LogP contribution in [-0.2, 0) is 11.1 Å². The van der Waals surface area contributed by atoms with Crippen LogP contribution in [-0.4, -0.2) is 13.7 Å². The fourth-order valence-electron chi connectivity index (χ4n) is 0.801. The van der Waals surface area contributed by atoms with E-state index in [1.807, 2.05) is 0 Å². The first-order valence-electron chi connectivity index (χ1n) is 3.17. The van der Waals surface area contributed by atoms with Crippen LogP contribution in [0.25, 0.3) is 0 Å². The van der Waals surface area contributed by atoms with E-state index in [0.29, 0.717) is 6.07 Å². The van der Waals surface area contributed by atoms with Crippen LogP contribution in [0.2, 0.25) is 5.02 Å². The number of benzene rings is 1. The largest absolute Gasteiger partial charge is 0.302 e. The molecule has 0 aromatic heterocycles. The number of rotatable bonds is 2. The lowest BCUT2D eigenvalue weighted by Gasteiger charge is -1.99. The van der Waals surface area contributed by atoms with Gasteiger partial charge in [-0.05, 0) is 6.07 Å².